The Morgan fingerprint density at radius 2 is 2.00 bits per heavy atom. The van der Waals surface area contributed by atoms with Crippen molar-refractivity contribution in [2.24, 2.45) is 11.8 Å². The van der Waals surface area contributed by atoms with Gasteiger partial charge in [0.1, 0.15) is 0 Å². The molecule has 0 radical (unpaired) electrons. The fourth-order valence-corrected chi connectivity index (χ4v) is 3.38. The maximum absolute atomic E-state index is 10.3. The summed E-state index contributed by atoms with van der Waals surface area (Å²) in [6, 6.07) is 0.575. The number of likely N-dealkylation sites (tertiary alicyclic amines) is 1. The minimum absolute atomic E-state index is 0.0612. The normalized spacial score (nSPS) is 42.2. The molecule has 15 heavy (non-hydrogen) atoms. The third kappa shape index (κ3) is 2.05. The highest BCUT2D eigenvalue weighted by atomic mass is 16.3. The summed E-state index contributed by atoms with van der Waals surface area (Å²) in [6.45, 7) is 5.53. The maximum Gasteiger partial charge on any atom is 0.0635 e. The number of hydrogen-bond donors (Lipinski definition) is 1. The Kier molecular flexibility index (Phi) is 3.33. The molecular weight excluding hydrogens is 188 g/mol. The van der Waals surface area contributed by atoms with Crippen LogP contribution in [-0.4, -0.2) is 60.8 Å². The lowest BCUT2D eigenvalue weighted by atomic mass is 9.72. The summed E-state index contributed by atoms with van der Waals surface area (Å²) in [5, 5.41) is 10.3. The second kappa shape index (κ2) is 4.40. The van der Waals surface area contributed by atoms with E-state index in [1.165, 1.54) is 12.8 Å². The number of aliphatic hydroxyl groups is 1. The topological polar surface area (TPSA) is 26.7 Å². The average Bonchev–Trinajstić information content (AvgIpc) is 2.17. The average molecular weight is 212 g/mol. The number of piperidine rings is 1. The number of hydrogen-bond acceptors (Lipinski definition) is 3. The highest BCUT2D eigenvalue weighted by Crippen LogP contribution is 2.36. The van der Waals surface area contributed by atoms with Gasteiger partial charge in [-0.3, -0.25) is 0 Å². The van der Waals surface area contributed by atoms with Crippen LogP contribution >= 0.6 is 0 Å². The van der Waals surface area contributed by atoms with Crippen LogP contribution in [0, 0.1) is 11.8 Å². The summed E-state index contributed by atoms with van der Waals surface area (Å²) in [5.74, 6) is 0.993. The summed E-state index contributed by atoms with van der Waals surface area (Å²) < 4.78 is 0. The van der Waals surface area contributed by atoms with Crippen molar-refractivity contribution < 1.29 is 5.11 Å². The van der Waals surface area contributed by atoms with E-state index in [-0.39, 0.29) is 6.10 Å². The molecule has 88 valence electrons. The predicted octanol–water partition coefficient (Wildman–Crippen LogP) is 0.639. The lowest BCUT2D eigenvalue weighted by Crippen LogP contribution is -2.58. The molecule has 0 aromatic rings. The van der Waals surface area contributed by atoms with Gasteiger partial charge in [-0.15, -0.1) is 0 Å². The third-order valence-corrected chi connectivity index (χ3v) is 4.32. The van der Waals surface area contributed by atoms with Crippen molar-refractivity contribution in [2.75, 3.05) is 33.7 Å². The zero-order valence-corrected chi connectivity index (χ0v) is 10.2. The second-order valence-corrected chi connectivity index (χ2v) is 5.38. The van der Waals surface area contributed by atoms with E-state index in [9.17, 15) is 5.11 Å². The molecule has 1 aliphatic heterocycles. The van der Waals surface area contributed by atoms with E-state index in [1.807, 2.05) is 0 Å². The van der Waals surface area contributed by atoms with Gasteiger partial charge < -0.3 is 14.9 Å². The maximum atomic E-state index is 10.3. The molecule has 1 aliphatic carbocycles. The molecule has 3 nitrogen and oxygen atoms in total. The predicted molar refractivity (Wildman–Crippen MR) is 61.8 cm³/mol. The highest BCUT2D eigenvalue weighted by molar-refractivity contribution is 4.97. The summed E-state index contributed by atoms with van der Waals surface area (Å²) in [4.78, 5) is 4.79. The Hall–Kier alpha value is -0.120. The van der Waals surface area contributed by atoms with Gasteiger partial charge in [-0.1, -0.05) is 6.92 Å². The van der Waals surface area contributed by atoms with Crippen molar-refractivity contribution in [1.29, 1.82) is 0 Å². The van der Waals surface area contributed by atoms with Gasteiger partial charge in [0.2, 0.25) is 0 Å². The van der Waals surface area contributed by atoms with Crippen LogP contribution in [0.3, 0.4) is 0 Å². The van der Waals surface area contributed by atoms with Crippen molar-refractivity contribution in [1.82, 2.24) is 9.80 Å². The molecular formula is C12H24N2O. The molecule has 0 amide bonds. The molecule has 2 bridgehead atoms. The Bertz CT molecular complexity index is 220. The van der Waals surface area contributed by atoms with Crippen molar-refractivity contribution in [3.63, 3.8) is 0 Å². The lowest BCUT2D eigenvalue weighted by molar-refractivity contribution is -0.0804. The van der Waals surface area contributed by atoms with Gasteiger partial charge in [0.25, 0.3) is 0 Å². The van der Waals surface area contributed by atoms with Crippen LogP contribution in [0.5, 0.6) is 0 Å². The van der Waals surface area contributed by atoms with Crippen LogP contribution in [-0.2, 0) is 0 Å². The van der Waals surface area contributed by atoms with Gasteiger partial charge in [-0.05, 0) is 39.4 Å². The van der Waals surface area contributed by atoms with E-state index in [0.717, 1.165) is 19.6 Å². The Morgan fingerprint density at radius 3 is 2.60 bits per heavy atom. The minimum Gasteiger partial charge on any atom is -0.392 e. The first kappa shape index (κ1) is 11.4. The Labute approximate surface area is 93.1 Å². The van der Waals surface area contributed by atoms with E-state index in [4.69, 9.17) is 0 Å². The molecule has 1 saturated carbocycles. The Balaban J connectivity index is 2.10. The monoisotopic (exact) mass is 212 g/mol. The first-order valence-electron chi connectivity index (χ1n) is 6.20. The largest absolute Gasteiger partial charge is 0.392 e. The lowest BCUT2D eigenvalue weighted by Gasteiger charge is -2.50. The fourth-order valence-electron chi connectivity index (χ4n) is 3.38. The molecule has 2 aliphatic rings. The SMILES string of the molecule is CCN1CC2CC[C@@H](N(C)C)C(C1)[C@H]2O. The summed E-state index contributed by atoms with van der Waals surface area (Å²) in [5.41, 5.74) is 0. The molecule has 2 rings (SSSR count). The number of fused-ring (bicyclic) bond motifs is 2. The third-order valence-electron chi connectivity index (χ3n) is 4.32. The molecule has 0 aromatic heterocycles. The molecule has 0 aromatic carbocycles. The fraction of sp³-hybridized carbons (Fsp3) is 1.00. The molecule has 2 unspecified atom stereocenters. The van der Waals surface area contributed by atoms with Gasteiger partial charge in [0.05, 0.1) is 6.10 Å². The van der Waals surface area contributed by atoms with Crippen molar-refractivity contribution in [3.8, 4) is 0 Å². The van der Waals surface area contributed by atoms with Gasteiger partial charge in [0.15, 0.2) is 0 Å². The van der Waals surface area contributed by atoms with E-state index < -0.39 is 0 Å². The van der Waals surface area contributed by atoms with Gasteiger partial charge in [0, 0.05) is 25.0 Å². The van der Waals surface area contributed by atoms with E-state index >= 15 is 0 Å². The quantitative estimate of drug-likeness (QED) is 0.727. The number of aliphatic hydroxyl groups excluding tert-OH is 1. The molecule has 0 spiro atoms. The number of nitrogens with zero attached hydrogens (tertiary/aromatic N) is 2. The van der Waals surface area contributed by atoms with Crippen molar-refractivity contribution in [2.45, 2.75) is 31.9 Å². The van der Waals surface area contributed by atoms with Crippen LogP contribution in [0.15, 0.2) is 0 Å². The number of rotatable bonds is 2. The molecule has 2 fully saturated rings. The molecule has 1 saturated heterocycles. The van der Waals surface area contributed by atoms with Crippen LogP contribution in [0.2, 0.25) is 0 Å². The molecule has 4 atom stereocenters. The zero-order chi connectivity index (χ0) is 11.0. The molecule has 3 heteroatoms. The standard InChI is InChI=1S/C12H24N2O/c1-4-14-7-9-5-6-11(13(2)3)10(8-14)12(9)15/h9-12,15H,4-8H2,1-3H3/t9?,10?,11-,12+/m1/s1. The van der Waals surface area contributed by atoms with Crippen LogP contribution < -0.4 is 0 Å². The first-order chi connectivity index (χ1) is 7.13. The zero-order valence-electron chi connectivity index (χ0n) is 10.2. The Morgan fingerprint density at radius 1 is 1.27 bits per heavy atom. The van der Waals surface area contributed by atoms with E-state index in [2.05, 4.69) is 30.8 Å². The van der Waals surface area contributed by atoms with Gasteiger partial charge >= 0.3 is 0 Å². The van der Waals surface area contributed by atoms with Crippen molar-refractivity contribution >= 4 is 0 Å². The van der Waals surface area contributed by atoms with Crippen LogP contribution in [0.25, 0.3) is 0 Å². The van der Waals surface area contributed by atoms with Crippen molar-refractivity contribution in [3.05, 3.63) is 0 Å². The van der Waals surface area contributed by atoms with E-state index in [1.54, 1.807) is 0 Å². The van der Waals surface area contributed by atoms with Crippen LogP contribution in [0.1, 0.15) is 19.8 Å². The van der Waals surface area contributed by atoms with Crippen LogP contribution in [0.4, 0.5) is 0 Å². The molecule has 1 N–H and O–H groups in total. The smallest absolute Gasteiger partial charge is 0.0635 e. The summed E-state index contributed by atoms with van der Waals surface area (Å²) >= 11 is 0. The van der Waals surface area contributed by atoms with Gasteiger partial charge in [-0.2, -0.15) is 0 Å². The van der Waals surface area contributed by atoms with E-state index in [0.29, 0.717) is 17.9 Å². The minimum atomic E-state index is -0.0612. The summed E-state index contributed by atoms with van der Waals surface area (Å²) in [6.07, 6.45) is 2.39. The molecule has 1 heterocycles. The second-order valence-electron chi connectivity index (χ2n) is 5.38. The summed E-state index contributed by atoms with van der Waals surface area (Å²) in [7, 11) is 4.28. The highest BCUT2D eigenvalue weighted by Gasteiger charge is 2.43. The first-order valence-corrected chi connectivity index (χ1v) is 6.20. The van der Waals surface area contributed by atoms with Gasteiger partial charge in [-0.25, -0.2) is 0 Å².